The van der Waals surface area contributed by atoms with Gasteiger partial charge in [0.15, 0.2) is 10.8 Å². The molecule has 3 N–H and O–H groups in total. The standard InChI is InChI=1S/C15H13Cl3N4O/c1-8(9-5-3-2-4-6-9)7-20-22-15(23)13-10(16)12(19)11(17)14(18)21-13/h2-8H,1H3,(H2,19,21)(H,22,23)/b20-7-/t8-/m1/s1. The number of nitrogens with one attached hydrogen (secondary N) is 1. The monoisotopic (exact) mass is 370 g/mol. The van der Waals surface area contributed by atoms with E-state index in [4.69, 9.17) is 40.5 Å². The van der Waals surface area contributed by atoms with Crippen LogP contribution in [0.2, 0.25) is 15.2 Å². The summed E-state index contributed by atoms with van der Waals surface area (Å²) in [4.78, 5) is 15.9. The van der Waals surface area contributed by atoms with Gasteiger partial charge in [0.05, 0.1) is 10.7 Å². The third kappa shape index (κ3) is 4.13. The molecule has 23 heavy (non-hydrogen) atoms. The second-order valence-electron chi connectivity index (χ2n) is 4.71. The van der Waals surface area contributed by atoms with Crippen LogP contribution in [0, 0.1) is 0 Å². The summed E-state index contributed by atoms with van der Waals surface area (Å²) >= 11 is 17.6. The van der Waals surface area contributed by atoms with E-state index in [9.17, 15) is 4.79 Å². The molecule has 0 aliphatic rings. The number of anilines is 1. The Morgan fingerprint density at radius 2 is 1.91 bits per heavy atom. The van der Waals surface area contributed by atoms with Crippen LogP contribution < -0.4 is 11.2 Å². The molecular weight excluding hydrogens is 359 g/mol. The van der Waals surface area contributed by atoms with Gasteiger partial charge in [-0.1, -0.05) is 72.1 Å². The topological polar surface area (TPSA) is 80.4 Å². The van der Waals surface area contributed by atoms with Gasteiger partial charge in [-0.2, -0.15) is 5.10 Å². The van der Waals surface area contributed by atoms with Crippen LogP contribution in [0.15, 0.2) is 35.4 Å². The zero-order valence-corrected chi connectivity index (χ0v) is 14.3. The molecule has 1 atom stereocenters. The lowest BCUT2D eigenvalue weighted by Crippen LogP contribution is -2.20. The van der Waals surface area contributed by atoms with Crippen molar-refractivity contribution in [1.82, 2.24) is 10.4 Å². The van der Waals surface area contributed by atoms with E-state index < -0.39 is 5.91 Å². The van der Waals surface area contributed by atoms with E-state index in [1.165, 1.54) is 0 Å². The average molecular weight is 372 g/mol. The number of halogens is 3. The molecule has 1 aromatic carbocycles. The first-order valence-corrected chi connectivity index (χ1v) is 7.73. The molecule has 0 aliphatic carbocycles. The van der Waals surface area contributed by atoms with E-state index in [1.807, 2.05) is 37.3 Å². The van der Waals surface area contributed by atoms with Gasteiger partial charge in [0.2, 0.25) is 0 Å². The van der Waals surface area contributed by atoms with Crippen molar-refractivity contribution in [3.05, 3.63) is 56.8 Å². The molecule has 0 radical (unpaired) electrons. The normalized spacial score (nSPS) is 12.3. The predicted octanol–water partition coefficient (Wildman–Crippen LogP) is 4.14. The minimum absolute atomic E-state index is 0.000108. The molecular formula is C15H13Cl3N4O. The molecule has 0 saturated carbocycles. The molecule has 8 heteroatoms. The van der Waals surface area contributed by atoms with Crippen LogP contribution in [-0.2, 0) is 0 Å². The first-order valence-electron chi connectivity index (χ1n) is 6.60. The highest BCUT2D eigenvalue weighted by molar-refractivity contribution is 6.46. The second kappa shape index (κ2) is 7.64. The molecule has 2 aromatic rings. The summed E-state index contributed by atoms with van der Waals surface area (Å²) in [5.74, 6) is -0.601. The maximum absolute atomic E-state index is 12.1. The summed E-state index contributed by atoms with van der Waals surface area (Å²) in [6.07, 6.45) is 1.60. The van der Waals surface area contributed by atoms with E-state index in [0.29, 0.717) is 0 Å². The minimum Gasteiger partial charge on any atom is -0.396 e. The third-order valence-electron chi connectivity index (χ3n) is 3.08. The molecule has 0 spiro atoms. The maximum atomic E-state index is 12.1. The van der Waals surface area contributed by atoms with E-state index in [2.05, 4.69) is 15.5 Å². The van der Waals surface area contributed by atoms with E-state index >= 15 is 0 Å². The summed E-state index contributed by atoms with van der Waals surface area (Å²) in [7, 11) is 0. The molecule has 1 aromatic heterocycles. The average Bonchev–Trinajstić information content (AvgIpc) is 2.56. The highest BCUT2D eigenvalue weighted by Crippen LogP contribution is 2.34. The lowest BCUT2D eigenvalue weighted by atomic mass is 10.0. The summed E-state index contributed by atoms with van der Waals surface area (Å²) in [5, 5.41) is 3.75. The lowest BCUT2D eigenvalue weighted by Gasteiger charge is -2.08. The Bertz CT molecular complexity index is 750. The van der Waals surface area contributed by atoms with Gasteiger partial charge in [-0.05, 0) is 5.56 Å². The Kier molecular flexibility index (Phi) is 5.82. The number of pyridine rings is 1. The quantitative estimate of drug-likeness (QED) is 0.481. The maximum Gasteiger partial charge on any atom is 0.291 e. The number of benzene rings is 1. The fourth-order valence-corrected chi connectivity index (χ4v) is 2.38. The summed E-state index contributed by atoms with van der Waals surface area (Å²) in [6, 6.07) is 9.73. The van der Waals surface area contributed by atoms with Gasteiger partial charge in [0.25, 0.3) is 5.91 Å². The first-order chi connectivity index (χ1) is 10.9. The van der Waals surface area contributed by atoms with E-state index in [0.717, 1.165) is 5.56 Å². The number of nitrogens with two attached hydrogens (primary N) is 1. The van der Waals surface area contributed by atoms with Gasteiger partial charge >= 0.3 is 0 Å². The van der Waals surface area contributed by atoms with Crippen LogP contribution in [-0.4, -0.2) is 17.1 Å². The Hall–Kier alpha value is -1.82. The number of nitrogens with zero attached hydrogens (tertiary/aromatic N) is 2. The highest BCUT2D eigenvalue weighted by Gasteiger charge is 2.19. The van der Waals surface area contributed by atoms with Crippen molar-refractivity contribution >= 4 is 52.6 Å². The van der Waals surface area contributed by atoms with Gasteiger partial charge < -0.3 is 5.73 Å². The SMILES string of the molecule is C[C@H](/C=N\NC(=O)c1nc(Cl)c(Cl)c(N)c1Cl)c1ccccc1. The number of hydrazone groups is 1. The second-order valence-corrected chi connectivity index (χ2v) is 5.83. The fourth-order valence-electron chi connectivity index (χ4n) is 1.79. The Morgan fingerprint density at radius 1 is 1.26 bits per heavy atom. The van der Waals surface area contributed by atoms with Gasteiger partial charge in [-0.15, -0.1) is 0 Å². The van der Waals surface area contributed by atoms with Crippen LogP contribution in [0.25, 0.3) is 0 Å². The Morgan fingerprint density at radius 3 is 2.57 bits per heavy atom. The van der Waals surface area contributed by atoms with Crippen molar-refractivity contribution in [1.29, 1.82) is 0 Å². The summed E-state index contributed by atoms with van der Waals surface area (Å²) in [6.45, 7) is 1.95. The molecule has 1 heterocycles. The number of carbonyl (C=O) groups is 1. The Balaban J connectivity index is 2.10. The van der Waals surface area contributed by atoms with E-state index in [1.54, 1.807) is 6.21 Å². The third-order valence-corrected chi connectivity index (χ3v) is 4.21. The zero-order valence-electron chi connectivity index (χ0n) is 12.1. The van der Waals surface area contributed by atoms with Gasteiger partial charge in [0, 0.05) is 12.1 Å². The number of hydrogen-bond donors (Lipinski definition) is 2. The Labute approximate surface area is 148 Å². The molecule has 2 rings (SSSR count). The number of rotatable bonds is 4. The van der Waals surface area contributed by atoms with Crippen molar-refractivity contribution in [3.63, 3.8) is 0 Å². The summed E-state index contributed by atoms with van der Waals surface area (Å²) in [5.41, 5.74) is 8.94. The molecule has 1 amide bonds. The largest absolute Gasteiger partial charge is 0.396 e. The van der Waals surface area contributed by atoms with Crippen molar-refractivity contribution in [2.24, 2.45) is 5.10 Å². The van der Waals surface area contributed by atoms with Crippen molar-refractivity contribution in [3.8, 4) is 0 Å². The summed E-state index contributed by atoms with van der Waals surface area (Å²) < 4.78 is 0. The number of amides is 1. The van der Waals surface area contributed by atoms with Crippen LogP contribution in [0.5, 0.6) is 0 Å². The predicted molar refractivity (Wildman–Crippen MR) is 94.5 cm³/mol. The van der Waals surface area contributed by atoms with Gasteiger partial charge in [0.1, 0.15) is 5.02 Å². The van der Waals surface area contributed by atoms with Crippen LogP contribution in [0.3, 0.4) is 0 Å². The van der Waals surface area contributed by atoms with Gasteiger partial charge in [-0.25, -0.2) is 10.4 Å². The van der Waals surface area contributed by atoms with Crippen molar-refractivity contribution in [2.45, 2.75) is 12.8 Å². The molecule has 120 valence electrons. The number of nitrogen functional groups attached to an aromatic ring is 1. The molecule has 0 unspecified atom stereocenters. The molecule has 0 aliphatic heterocycles. The lowest BCUT2D eigenvalue weighted by molar-refractivity contribution is 0.0950. The zero-order chi connectivity index (χ0) is 17.0. The highest BCUT2D eigenvalue weighted by atomic mass is 35.5. The van der Waals surface area contributed by atoms with Crippen LogP contribution in [0.1, 0.15) is 28.9 Å². The van der Waals surface area contributed by atoms with Gasteiger partial charge in [-0.3, -0.25) is 4.79 Å². The van der Waals surface area contributed by atoms with Crippen molar-refractivity contribution < 1.29 is 4.79 Å². The molecule has 5 nitrogen and oxygen atoms in total. The number of hydrogen-bond acceptors (Lipinski definition) is 4. The number of aromatic nitrogens is 1. The molecule has 0 saturated heterocycles. The van der Waals surface area contributed by atoms with Crippen LogP contribution >= 0.6 is 34.8 Å². The van der Waals surface area contributed by atoms with Crippen molar-refractivity contribution in [2.75, 3.05) is 5.73 Å². The first kappa shape index (κ1) is 17.5. The van der Waals surface area contributed by atoms with E-state index in [-0.39, 0.29) is 32.5 Å². The smallest absolute Gasteiger partial charge is 0.291 e. The molecule has 0 bridgehead atoms. The van der Waals surface area contributed by atoms with Crippen LogP contribution in [0.4, 0.5) is 5.69 Å². The number of carbonyl (C=O) groups excluding carboxylic acids is 1. The minimum atomic E-state index is -0.628. The molecule has 0 fully saturated rings. The fraction of sp³-hybridized carbons (Fsp3) is 0.133.